The van der Waals surface area contributed by atoms with Gasteiger partial charge in [-0.3, -0.25) is 19.3 Å². The normalized spacial score (nSPS) is 20.4. The van der Waals surface area contributed by atoms with E-state index in [1.165, 1.54) is 0 Å². The van der Waals surface area contributed by atoms with Crippen LogP contribution in [0.5, 0.6) is 0 Å². The molecular weight excluding hydrogens is 306 g/mol. The number of nitrogens with zero attached hydrogens (tertiary/aromatic N) is 1. The van der Waals surface area contributed by atoms with Crippen molar-refractivity contribution in [1.29, 1.82) is 0 Å². The van der Waals surface area contributed by atoms with Gasteiger partial charge in [0.1, 0.15) is 6.54 Å². The number of rotatable bonds is 3. The minimum Gasteiger partial charge on any atom is -0.351 e. The Morgan fingerprint density at radius 3 is 2.41 bits per heavy atom. The Kier molecular flexibility index (Phi) is 5.15. The van der Waals surface area contributed by atoms with Crippen molar-refractivity contribution in [3.63, 3.8) is 0 Å². The molecule has 22 heavy (non-hydrogen) atoms. The van der Waals surface area contributed by atoms with Crippen LogP contribution in [0.2, 0.25) is 0 Å². The molecule has 2 heterocycles. The molecule has 0 bridgehead atoms. The number of fused-ring (bicyclic) bond motifs is 1. The number of halogens is 1. The topological polar surface area (TPSA) is 78.5 Å². The van der Waals surface area contributed by atoms with Crippen LogP contribution in [0.15, 0.2) is 24.3 Å². The molecule has 2 N–H and O–H groups in total. The molecule has 0 saturated carbocycles. The van der Waals surface area contributed by atoms with Gasteiger partial charge in [0.25, 0.3) is 11.8 Å². The molecule has 6 nitrogen and oxygen atoms in total. The predicted octanol–water partition coefficient (Wildman–Crippen LogP) is 0.573. The number of carbonyl (C=O) groups excluding carboxylic acids is 3. The van der Waals surface area contributed by atoms with E-state index in [4.69, 9.17) is 0 Å². The van der Waals surface area contributed by atoms with Crippen LogP contribution >= 0.6 is 12.4 Å². The van der Waals surface area contributed by atoms with E-state index in [9.17, 15) is 14.4 Å². The first kappa shape index (κ1) is 16.5. The van der Waals surface area contributed by atoms with Crippen molar-refractivity contribution >= 4 is 30.1 Å². The Hall–Kier alpha value is -1.92. The summed E-state index contributed by atoms with van der Waals surface area (Å²) in [5.74, 6) is -1.08. The largest absolute Gasteiger partial charge is 0.351 e. The second-order valence-corrected chi connectivity index (χ2v) is 5.35. The fraction of sp³-hybridized carbons (Fsp3) is 0.400. The number of carbonyl (C=O) groups is 3. The number of nitrogens with one attached hydrogen (secondary N) is 2. The number of hydrogen-bond acceptors (Lipinski definition) is 4. The van der Waals surface area contributed by atoms with Gasteiger partial charge < -0.3 is 10.6 Å². The maximum absolute atomic E-state index is 12.1. The Bertz CT molecular complexity index is 564. The first-order valence-electron chi connectivity index (χ1n) is 7.12. The molecular formula is C15H18ClN3O3. The third kappa shape index (κ3) is 3.13. The lowest BCUT2D eigenvalue weighted by atomic mass is 10.1. The Morgan fingerprint density at radius 1 is 1.23 bits per heavy atom. The van der Waals surface area contributed by atoms with Crippen molar-refractivity contribution < 1.29 is 14.4 Å². The van der Waals surface area contributed by atoms with E-state index in [2.05, 4.69) is 10.6 Å². The first-order chi connectivity index (χ1) is 10.2. The van der Waals surface area contributed by atoms with Crippen molar-refractivity contribution in [2.75, 3.05) is 19.6 Å². The Morgan fingerprint density at radius 2 is 1.86 bits per heavy atom. The molecule has 3 amide bonds. The van der Waals surface area contributed by atoms with Crippen LogP contribution in [-0.2, 0) is 4.79 Å². The maximum Gasteiger partial charge on any atom is 0.262 e. The van der Waals surface area contributed by atoms with E-state index >= 15 is 0 Å². The van der Waals surface area contributed by atoms with Gasteiger partial charge in [-0.2, -0.15) is 0 Å². The first-order valence-corrected chi connectivity index (χ1v) is 7.12. The fourth-order valence-corrected chi connectivity index (χ4v) is 2.77. The maximum atomic E-state index is 12.1. The molecule has 0 radical (unpaired) electrons. The van der Waals surface area contributed by atoms with Gasteiger partial charge in [0.2, 0.25) is 5.91 Å². The van der Waals surface area contributed by atoms with E-state index in [1.807, 2.05) is 0 Å². The highest BCUT2D eigenvalue weighted by atomic mass is 35.5. The highest BCUT2D eigenvalue weighted by molar-refractivity contribution is 6.22. The fourth-order valence-electron chi connectivity index (χ4n) is 2.77. The van der Waals surface area contributed by atoms with Gasteiger partial charge in [-0.25, -0.2) is 0 Å². The zero-order chi connectivity index (χ0) is 14.8. The summed E-state index contributed by atoms with van der Waals surface area (Å²) in [4.78, 5) is 37.3. The van der Waals surface area contributed by atoms with Crippen LogP contribution in [0.25, 0.3) is 0 Å². The standard InChI is InChI=1S/C15H17N3O3.ClH/c19-13(17-10-4-3-7-16-8-10)9-18-14(20)11-5-1-2-6-12(11)15(18)21;/h1-2,5-6,10,16H,3-4,7-9H2,(H,17,19);1H/t10-;/m0./s1. The summed E-state index contributed by atoms with van der Waals surface area (Å²) in [6.07, 6.45) is 1.93. The predicted molar refractivity (Wildman–Crippen MR) is 83.1 cm³/mol. The minimum absolute atomic E-state index is 0. The molecule has 2 aliphatic heterocycles. The number of imide groups is 1. The van der Waals surface area contributed by atoms with E-state index < -0.39 is 11.8 Å². The van der Waals surface area contributed by atoms with E-state index in [1.54, 1.807) is 24.3 Å². The molecule has 0 unspecified atom stereocenters. The zero-order valence-electron chi connectivity index (χ0n) is 12.0. The van der Waals surface area contributed by atoms with Crippen LogP contribution < -0.4 is 10.6 Å². The second kappa shape index (κ2) is 6.89. The lowest BCUT2D eigenvalue weighted by Crippen LogP contribution is -2.49. The van der Waals surface area contributed by atoms with Gasteiger partial charge in [-0.1, -0.05) is 12.1 Å². The van der Waals surface area contributed by atoms with Crippen molar-refractivity contribution in [2.24, 2.45) is 0 Å². The van der Waals surface area contributed by atoms with E-state index in [-0.39, 0.29) is 30.9 Å². The smallest absolute Gasteiger partial charge is 0.262 e. The molecule has 7 heteroatoms. The summed E-state index contributed by atoms with van der Waals surface area (Å²) in [7, 11) is 0. The molecule has 0 aromatic heterocycles. The SMILES string of the molecule is Cl.O=C(CN1C(=O)c2ccccc2C1=O)N[C@H]1CCCNC1. The van der Waals surface area contributed by atoms with Crippen LogP contribution in [-0.4, -0.2) is 48.3 Å². The monoisotopic (exact) mass is 323 g/mol. The molecule has 1 saturated heterocycles. The molecule has 1 atom stereocenters. The average Bonchev–Trinajstić information content (AvgIpc) is 2.74. The van der Waals surface area contributed by atoms with Gasteiger partial charge in [-0.05, 0) is 31.5 Å². The van der Waals surface area contributed by atoms with E-state index in [0.717, 1.165) is 30.8 Å². The second-order valence-electron chi connectivity index (χ2n) is 5.35. The van der Waals surface area contributed by atoms with Crippen molar-refractivity contribution in [1.82, 2.24) is 15.5 Å². The molecule has 1 aromatic carbocycles. The Balaban J connectivity index is 0.00000176. The molecule has 118 valence electrons. The summed E-state index contributed by atoms with van der Waals surface area (Å²) >= 11 is 0. The highest BCUT2D eigenvalue weighted by Gasteiger charge is 2.36. The highest BCUT2D eigenvalue weighted by Crippen LogP contribution is 2.21. The van der Waals surface area contributed by atoms with Gasteiger partial charge in [0.15, 0.2) is 0 Å². The average molecular weight is 324 g/mol. The lowest BCUT2D eigenvalue weighted by Gasteiger charge is -2.24. The van der Waals surface area contributed by atoms with Crippen molar-refractivity contribution in [3.05, 3.63) is 35.4 Å². The summed E-state index contributed by atoms with van der Waals surface area (Å²) in [5.41, 5.74) is 0.740. The quantitative estimate of drug-likeness (QED) is 0.797. The summed E-state index contributed by atoms with van der Waals surface area (Å²) < 4.78 is 0. The number of benzene rings is 1. The number of amides is 3. The van der Waals surface area contributed by atoms with Crippen LogP contribution in [0.1, 0.15) is 33.6 Å². The van der Waals surface area contributed by atoms with Crippen LogP contribution in [0.3, 0.4) is 0 Å². The van der Waals surface area contributed by atoms with E-state index in [0.29, 0.717) is 11.1 Å². The molecule has 3 rings (SSSR count). The molecule has 1 fully saturated rings. The molecule has 1 aromatic rings. The van der Waals surface area contributed by atoms with Gasteiger partial charge in [-0.15, -0.1) is 12.4 Å². The zero-order valence-corrected chi connectivity index (χ0v) is 12.8. The summed E-state index contributed by atoms with van der Waals surface area (Å²) in [5, 5.41) is 6.07. The van der Waals surface area contributed by atoms with Crippen LogP contribution in [0, 0.1) is 0 Å². The van der Waals surface area contributed by atoms with Crippen molar-refractivity contribution in [2.45, 2.75) is 18.9 Å². The number of piperidine rings is 1. The third-order valence-electron chi connectivity index (χ3n) is 3.84. The van der Waals surface area contributed by atoms with Gasteiger partial charge in [0, 0.05) is 12.6 Å². The van der Waals surface area contributed by atoms with Gasteiger partial charge >= 0.3 is 0 Å². The van der Waals surface area contributed by atoms with Crippen molar-refractivity contribution in [3.8, 4) is 0 Å². The summed E-state index contributed by atoms with van der Waals surface area (Å²) in [6.45, 7) is 1.47. The Labute approximate surface area is 134 Å². The summed E-state index contributed by atoms with van der Waals surface area (Å²) in [6, 6.07) is 6.71. The van der Waals surface area contributed by atoms with Gasteiger partial charge in [0.05, 0.1) is 11.1 Å². The number of hydrogen-bond donors (Lipinski definition) is 2. The third-order valence-corrected chi connectivity index (χ3v) is 3.84. The molecule has 0 aliphatic carbocycles. The molecule has 0 spiro atoms. The molecule has 2 aliphatic rings. The lowest BCUT2D eigenvalue weighted by molar-refractivity contribution is -0.122. The minimum atomic E-state index is -0.396. The van der Waals surface area contributed by atoms with Crippen LogP contribution in [0.4, 0.5) is 0 Å².